The number of alkyl halides is 1. The SMILES string of the molecule is CC(Cl)c1nc2cc(I)ccc2n1Cc1ccc(Br)s1. The average molecular weight is 482 g/mol. The summed E-state index contributed by atoms with van der Waals surface area (Å²) in [5.41, 5.74) is 2.15. The maximum atomic E-state index is 6.30. The van der Waals surface area contributed by atoms with E-state index in [1.165, 1.54) is 8.45 Å². The number of nitrogens with zero attached hydrogens (tertiary/aromatic N) is 2. The van der Waals surface area contributed by atoms with E-state index in [0.29, 0.717) is 0 Å². The second kappa shape index (κ2) is 5.94. The van der Waals surface area contributed by atoms with Crippen LogP contribution in [0.3, 0.4) is 0 Å². The van der Waals surface area contributed by atoms with Crippen LogP contribution in [0.15, 0.2) is 34.1 Å². The van der Waals surface area contributed by atoms with E-state index in [1.54, 1.807) is 11.3 Å². The third-order valence-corrected chi connectivity index (χ3v) is 5.51. The van der Waals surface area contributed by atoms with Gasteiger partial charge in [-0.15, -0.1) is 22.9 Å². The lowest BCUT2D eigenvalue weighted by atomic mass is 10.3. The first-order valence-corrected chi connectivity index (χ1v) is 9.21. The van der Waals surface area contributed by atoms with Crippen molar-refractivity contribution in [2.24, 2.45) is 0 Å². The molecule has 104 valence electrons. The summed E-state index contributed by atoms with van der Waals surface area (Å²) in [6, 6.07) is 10.5. The number of hydrogen-bond donors (Lipinski definition) is 0. The molecule has 3 aromatic rings. The molecule has 2 heterocycles. The lowest BCUT2D eigenvalue weighted by molar-refractivity contribution is 0.750. The topological polar surface area (TPSA) is 17.8 Å². The van der Waals surface area contributed by atoms with Gasteiger partial charge in [-0.2, -0.15) is 0 Å². The summed E-state index contributed by atoms with van der Waals surface area (Å²) >= 11 is 13.9. The Morgan fingerprint density at radius 3 is 2.85 bits per heavy atom. The zero-order valence-corrected chi connectivity index (χ0v) is 15.9. The first-order chi connectivity index (χ1) is 9.54. The normalized spacial score (nSPS) is 13.0. The van der Waals surface area contributed by atoms with Crippen LogP contribution in [0.25, 0.3) is 11.0 Å². The predicted molar refractivity (Wildman–Crippen MR) is 97.8 cm³/mol. The minimum Gasteiger partial charge on any atom is -0.321 e. The third kappa shape index (κ3) is 2.91. The molecule has 0 aliphatic rings. The maximum absolute atomic E-state index is 6.30. The van der Waals surface area contributed by atoms with Gasteiger partial charge in [-0.05, 0) is 75.8 Å². The second-order valence-corrected chi connectivity index (χ2v) is 8.96. The van der Waals surface area contributed by atoms with Crippen LogP contribution in [-0.2, 0) is 6.54 Å². The number of imidazole rings is 1. The molecule has 0 saturated heterocycles. The van der Waals surface area contributed by atoms with Crippen LogP contribution in [-0.4, -0.2) is 9.55 Å². The molecule has 0 spiro atoms. The molecule has 0 amide bonds. The van der Waals surface area contributed by atoms with Crippen LogP contribution >= 0.6 is 61.5 Å². The predicted octanol–water partition coefficient (Wildman–Crippen LogP) is 5.81. The summed E-state index contributed by atoms with van der Waals surface area (Å²) < 4.78 is 4.54. The maximum Gasteiger partial charge on any atom is 0.128 e. The molecule has 1 atom stereocenters. The van der Waals surface area contributed by atoms with E-state index in [9.17, 15) is 0 Å². The van der Waals surface area contributed by atoms with Gasteiger partial charge in [0.1, 0.15) is 5.82 Å². The molecule has 0 radical (unpaired) electrons. The van der Waals surface area contributed by atoms with Crippen molar-refractivity contribution < 1.29 is 0 Å². The molecule has 0 aliphatic heterocycles. The molecule has 0 aliphatic carbocycles. The van der Waals surface area contributed by atoms with Crippen LogP contribution in [0.4, 0.5) is 0 Å². The smallest absolute Gasteiger partial charge is 0.128 e. The molecular formula is C14H11BrClIN2S. The van der Waals surface area contributed by atoms with Crippen molar-refractivity contribution in [1.82, 2.24) is 9.55 Å². The molecule has 0 N–H and O–H groups in total. The number of rotatable bonds is 3. The Morgan fingerprint density at radius 1 is 1.40 bits per heavy atom. The highest BCUT2D eigenvalue weighted by molar-refractivity contribution is 14.1. The molecule has 2 nitrogen and oxygen atoms in total. The molecule has 1 unspecified atom stereocenters. The summed E-state index contributed by atoms with van der Waals surface area (Å²) in [5.74, 6) is 0.924. The highest BCUT2D eigenvalue weighted by Gasteiger charge is 2.15. The van der Waals surface area contributed by atoms with Crippen LogP contribution in [0.2, 0.25) is 0 Å². The highest BCUT2D eigenvalue weighted by Crippen LogP contribution is 2.29. The van der Waals surface area contributed by atoms with Gasteiger partial charge in [-0.3, -0.25) is 0 Å². The Balaban J connectivity index is 2.13. The average Bonchev–Trinajstić information content (AvgIpc) is 2.94. The lowest BCUT2D eigenvalue weighted by Gasteiger charge is -2.09. The van der Waals surface area contributed by atoms with Gasteiger partial charge >= 0.3 is 0 Å². The van der Waals surface area contributed by atoms with E-state index in [-0.39, 0.29) is 5.38 Å². The minimum absolute atomic E-state index is 0.108. The van der Waals surface area contributed by atoms with Crippen molar-refractivity contribution >= 4 is 72.5 Å². The van der Waals surface area contributed by atoms with Crippen LogP contribution in [0, 0.1) is 3.57 Å². The standard InChI is InChI=1S/C14H11BrClIN2S/c1-8(16)14-18-11-6-9(17)2-4-12(11)19(14)7-10-3-5-13(15)20-10/h2-6,8H,7H2,1H3. The first-order valence-electron chi connectivity index (χ1n) is 6.08. The van der Waals surface area contributed by atoms with E-state index in [2.05, 4.69) is 73.4 Å². The van der Waals surface area contributed by atoms with E-state index >= 15 is 0 Å². The first kappa shape index (κ1) is 14.8. The van der Waals surface area contributed by atoms with Crippen molar-refractivity contribution in [3.63, 3.8) is 0 Å². The minimum atomic E-state index is -0.108. The number of hydrogen-bond acceptors (Lipinski definition) is 2. The van der Waals surface area contributed by atoms with Crippen LogP contribution < -0.4 is 0 Å². The summed E-state index contributed by atoms with van der Waals surface area (Å²) in [4.78, 5) is 5.98. The fraction of sp³-hybridized carbons (Fsp3) is 0.214. The number of benzene rings is 1. The molecule has 3 rings (SSSR count). The zero-order valence-electron chi connectivity index (χ0n) is 10.6. The van der Waals surface area contributed by atoms with E-state index in [4.69, 9.17) is 16.6 Å². The Labute approximate surface area is 148 Å². The van der Waals surface area contributed by atoms with Crippen molar-refractivity contribution in [3.05, 3.63) is 48.4 Å². The number of fused-ring (bicyclic) bond motifs is 1. The molecule has 20 heavy (non-hydrogen) atoms. The summed E-state index contributed by atoms with van der Waals surface area (Å²) in [6.45, 7) is 2.77. The number of thiophene rings is 1. The lowest BCUT2D eigenvalue weighted by Crippen LogP contribution is -2.04. The van der Waals surface area contributed by atoms with Crippen molar-refractivity contribution in [3.8, 4) is 0 Å². The van der Waals surface area contributed by atoms with Crippen LogP contribution in [0.5, 0.6) is 0 Å². The van der Waals surface area contributed by atoms with Gasteiger partial charge < -0.3 is 4.57 Å². The fourth-order valence-electron chi connectivity index (χ4n) is 2.18. The Hall–Kier alpha value is -0.110. The molecule has 1 aromatic carbocycles. The van der Waals surface area contributed by atoms with Gasteiger partial charge in [0.25, 0.3) is 0 Å². The highest BCUT2D eigenvalue weighted by atomic mass is 127. The third-order valence-electron chi connectivity index (χ3n) is 3.04. The Bertz CT molecular complexity index is 766. The van der Waals surface area contributed by atoms with Gasteiger partial charge in [0, 0.05) is 8.45 Å². The Kier molecular flexibility index (Phi) is 4.40. The largest absolute Gasteiger partial charge is 0.321 e. The Morgan fingerprint density at radius 2 is 2.20 bits per heavy atom. The monoisotopic (exact) mass is 480 g/mol. The quantitative estimate of drug-likeness (QED) is 0.341. The molecule has 0 saturated carbocycles. The second-order valence-electron chi connectivity index (χ2n) is 4.51. The summed E-state index contributed by atoms with van der Waals surface area (Å²) in [6.07, 6.45) is 0. The molecule has 0 fully saturated rings. The van der Waals surface area contributed by atoms with Gasteiger partial charge in [0.05, 0.1) is 26.7 Å². The molecule has 2 aromatic heterocycles. The van der Waals surface area contributed by atoms with Crippen LogP contribution in [0.1, 0.15) is 23.0 Å². The molecule has 6 heteroatoms. The number of aromatic nitrogens is 2. The fourth-order valence-corrected chi connectivity index (χ4v) is 4.30. The summed E-state index contributed by atoms with van der Waals surface area (Å²) in [5, 5.41) is -0.108. The van der Waals surface area contributed by atoms with Gasteiger partial charge in [-0.1, -0.05) is 0 Å². The van der Waals surface area contributed by atoms with E-state index in [1.807, 2.05) is 6.92 Å². The van der Waals surface area contributed by atoms with Gasteiger partial charge in [0.2, 0.25) is 0 Å². The van der Waals surface area contributed by atoms with Gasteiger partial charge in [-0.25, -0.2) is 4.98 Å². The molecular weight excluding hydrogens is 470 g/mol. The van der Waals surface area contributed by atoms with Crippen molar-refractivity contribution in [1.29, 1.82) is 0 Å². The van der Waals surface area contributed by atoms with E-state index < -0.39 is 0 Å². The summed E-state index contributed by atoms with van der Waals surface area (Å²) in [7, 11) is 0. The van der Waals surface area contributed by atoms with Crippen molar-refractivity contribution in [2.75, 3.05) is 0 Å². The zero-order chi connectivity index (χ0) is 14.3. The van der Waals surface area contributed by atoms with Gasteiger partial charge in [0.15, 0.2) is 0 Å². The van der Waals surface area contributed by atoms with E-state index in [0.717, 1.165) is 27.2 Å². The van der Waals surface area contributed by atoms with Crippen molar-refractivity contribution in [2.45, 2.75) is 18.8 Å². The number of halogens is 3. The molecule has 0 bridgehead atoms.